The first-order chi connectivity index (χ1) is 67.6. The standard InChI is InChI=1S/C28H33FN2O5S.2C26H27FN4O4S.C24H24F3N3O4S/c1-18-13-21(25(32)16-28(3)9-12-37(33,34)17-28)15-24-26(18)27(30-31(24)22-7-10-35-11-8-22)20-5-4-6-23(14-20)36-19(2)29;2*1-16(27)35-20-6-4-5-17(7-20)23-24-21(31(30-23)19-9-25(2,10-19)13-28)8-18(12-29-24)22(32)11-26(3)14-36(33,34)15-26;1-14(25)34-18-5-3-4-15(6-18)21-22-19(30(29-21)17-8-24(26,27)9-17)7-16(11-28-22)20(31)10-23(2)12-35(32,33)13-23/h4-6,13-15,19,22H,7-12,16-17H2,1-3H3;2*4-8,12,16,19H,9-11,14-15H2,1-3H3;3-7,11,14,17H,8-10,12-13H2,1-2H3/t19?,28-;;;/m1.../s1. The van der Waals surface area contributed by atoms with Crippen LogP contribution in [0.3, 0.4) is 0 Å². The predicted molar refractivity (Wildman–Crippen MR) is 527 cm³/mol. The van der Waals surface area contributed by atoms with E-state index < -0.39 is 109 Å². The largest absolute Gasteiger partial charge is 0.461 e. The minimum Gasteiger partial charge on any atom is -0.461 e. The number of ketones is 4. The molecule has 760 valence electrons. The van der Waals surface area contributed by atoms with E-state index in [0.717, 1.165) is 40.6 Å². The SMILES string of the molecule is CC(F)Oc1cccc(-c2nn(C3CC(C)(C#N)C3)c3cc(C(=O)CC4(C)CS(=O)(=O)C4)cnc23)c1.CC(F)Oc1cccc(-c2nn(C3CC(C)(C#N)C3)c3cc(C(=O)CC4(C)CS(=O)(=O)C4)cnc23)c1.CC(F)Oc1cccc(-c2nn(C3CC(F)(F)C3)c3cc(C(=O)CC4(C)CS(=O)(=O)C4)cnc23)c1.Cc1cc(C(=O)C[C@@]2(C)CCS(=O)(=O)C2)cc2c1c(-c1cccc(OC(C)F)c1)nn2C1CCOCC1. The van der Waals surface area contributed by atoms with Gasteiger partial charge in [0, 0.05) is 164 Å². The molecule has 144 heavy (non-hydrogen) atoms. The van der Waals surface area contributed by atoms with Crippen molar-refractivity contribution >= 4 is 106 Å². The van der Waals surface area contributed by atoms with Crippen molar-refractivity contribution in [3.63, 3.8) is 0 Å². The van der Waals surface area contributed by atoms with E-state index in [1.807, 2.05) is 92.0 Å². The lowest BCUT2D eigenvalue weighted by Gasteiger charge is -2.40. The minimum atomic E-state index is -3.10. The topological polar surface area (TPSA) is 409 Å². The zero-order chi connectivity index (χ0) is 103. The number of aromatic nitrogens is 11. The highest BCUT2D eigenvalue weighted by Crippen LogP contribution is 2.53. The zero-order valence-corrected chi connectivity index (χ0v) is 84.7. The number of halogens is 6. The van der Waals surface area contributed by atoms with E-state index in [-0.39, 0.29) is 137 Å². The molecule has 0 spiro atoms. The number of alkyl halides is 6. The van der Waals surface area contributed by atoms with Gasteiger partial charge in [0.15, 0.2) is 62.5 Å². The molecule has 3 saturated carbocycles. The third-order valence-corrected chi connectivity index (χ3v) is 36.6. The van der Waals surface area contributed by atoms with Crippen LogP contribution >= 0.6 is 0 Å². The van der Waals surface area contributed by atoms with E-state index in [1.165, 1.54) is 51.0 Å². The molecule has 0 amide bonds. The van der Waals surface area contributed by atoms with Crippen molar-refractivity contribution in [1.82, 2.24) is 54.1 Å². The molecule has 5 aromatic carbocycles. The maximum absolute atomic E-state index is 13.7. The van der Waals surface area contributed by atoms with Crippen molar-refractivity contribution in [2.75, 3.05) is 59.2 Å². The van der Waals surface area contributed by atoms with Gasteiger partial charge < -0.3 is 23.7 Å². The van der Waals surface area contributed by atoms with Crippen LogP contribution in [-0.4, -0.2) is 201 Å². The van der Waals surface area contributed by atoms with Gasteiger partial charge in [-0.05, 0) is 156 Å². The molecule has 5 atom stereocenters. The summed E-state index contributed by atoms with van der Waals surface area (Å²) in [6, 6.07) is 40.8. The summed E-state index contributed by atoms with van der Waals surface area (Å²) in [5.41, 5.74) is 8.64. The Morgan fingerprint density at radius 3 is 1.00 bits per heavy atom. The summed E-state index contributed by atoms with van der Waals surface area (Å²) >= 11 is 0. The Labute approximate surface area is 829 Å². The monoisotopic (exact) mass is 2060 g/mol. The first-order valence-electron chi connectivity index (χ1n) is 47.7. The van der Waals surface area contributed by atoms with E-state index in [1.54, 1.807) is 97.9 Å². The Kier molecular flexibility index (Phi) is 27.8. The number of rotatable bonds is 28. The van der Waals surface area contributed by atoms with E-state index >= 15 is 0 Å². The van der Waals surface area contributed by atoms with Crippen LogP contribution in [-0.2, 0) is 44.1 Å². The molecule has 12 aromatic rings. The van der Waals surface area contributed by atoms with Crippen molar-refractivity contribution < 1.29 is 103 Å². The fourth-order valence-corrected chi connectivity index (χ4v) is 30.4. The third-order valence-electron chi connectivity index (χ3n) is 27.8. The predicted octanol–water partition coefficient (Wildman–Crippen LogP) is 19.6. The van der Waals surface area contributed by atoms with Crippen molar-refractivity contribution in [2.24, 2.45) is 32.5 Å². The fourth-order valence-electron chi connectivity index (χ4n) is 21.4. The number of carbonyl (C=O) groups is 4. The highest BCUT2D eigenvalue weighted by atomic mass is 32.2. The lowest BCUT2D eigenvalue weighted by atomic mass is 9.68. The van der Waals surface area contributed by atoms with E-state index in [4.69, 9.17) is 39.0 Å². The number of nitrogens with zero attached hydrogens (tertiary/aromatic N) is 13. The summed E-state index contributed by atoms with van der Waals surface area (Å²) in [7, 11) is -12.3. The molecule has 7 aromatic heterocycles. The number of carbonyl (C=O) groups excluding carboxylic acids is 4. The Morgan fingerprint density at radius 2 is 0.694 bits per heavy atom. The van der Waals surface area contributed by atoms with Crippen molar-refractivity contribution in [3.8, 4) is 80.2 Å². The van der Waals surface area contributed by atoms with Crippen molar-refractivity contribution in [1.29, 1.82) is 10.5 Å². The summed E-state index contributed by atoms with van der Waals surface area (Å²) in [5.74, 6) is -1.88. The van der Waals surface area contributed by atoms with Gasteiger partial charge >= 0.3 is 0 Å². The fraction of sp³-hybridized carbons (Fsp3) is 0.471. The second-order valence-corrected chi connectivity index (χ2v) is 50.6. The Morgan fingerprint density at radius 1 is 0.403 bits per heavy atom. The summed E-state index contributed by atoms with van der Waals surface area (Å²) in [4.78, 5) is 66.2. The summed E-state index contributed by atoms with van der Waals surface area (Å²) < 4.78 is 208. The Balaban J connectivity index is 0.000000132. The molecule has 0 bridgehead atoms. The number of aryl methyl sites for hydroxylation is 1. The summed E-state index contributed by atoms with van der Waals surface area (Å²) in [6.07, 6.45) is 2.86. The highest BCUT2D eigenvalue weighted by Gasteiger charge is 2.52. The molecular weight excluding hydrogens is 1950 g/mol. The Hall–Kier alpha value is -12.4. The molecular formula is C104H111F6N13O17S4. The lowest BCUT2D eigenvalue weighted by Crippen LogP contribution is -2.47. The molecule has 4 unspecified atom stereocenters. The number of hydrogen-bond donors (Lipinski definition) is 0. The van der Waals surface area contributed by atoms with Crippen LogP contribution in [0.15, 0.2) is 146 Å². The Bertz CT molecular complexity index is 7430. The average Bonchev–Trinajstić information content (AvgIpc) is 1.56. The van der Waals surface area contributed by atoms with Gasteiger partial charge in [0.25, 0.3) is 5.92 Å². The molecule has 20 rings (SSSR count). The van der Waals surface area contributed by atoms with Crippen LogP contribution in [0.1, 0.15) is 224 Å². The van der Waals surface area contributed by atoms with Crippen molar-refractivity contribution in [3.05, 3.63) is 174 Å². The number of sulfone groups is 4. The highest BCUT2D eigenvalue weighted by molar-refractivity contribution is 7.93. The first kappa shape index (κ1) is 103. The van der Waals surface area contributed by atoms with Crippen LogP contribution in [0.4, 0.5) is 26.3 Å². The zero-order valence-electron chi connectivity index (χ0n) is 81.4. The summed E-state index contributed by atoms with van der Waals surface area (Å²) in [6.45, 7) is 19.5. The van der Waals surface area contributed by atoms with E-state index in [2.05, 4.69) is 32.2 Å². The van der Waals surface area contributed by atoms with Crippen LogP contribution in [0.5, 0.6) is 23.0 Å². The molecule has 5 saturated heterocycles. The van der Waals surface area contributed by atoms with Gasteiger partial charge in [-0.25, -0.2) is 60.0 Å². The van der Waals surface area contributed by atoms with E-state index in [9.17, 15) is 89.7 Å². The minimum absolute atomic E-state index is 0.00815. The summed E-state index contributed by atoms with van der Waals surface area (Å²) in [5, 5.41) is 39.1. The number of benzene rings is 5. The van der Waals surface area contributed by atoms with E-state index in [0.29, 0.717) is 146 Å². The molecule has 3 aliphatic carbocycles. The van der Waals surface area contributed by atoms with Gasteiger partial charge in [-0.2, -0.15) is 30.9 Å². The number of hydrogen-bond acceptors (Lipinski definition) is 26. The van der Waals surface area contributed by atoms with Crippen LogP contribution in [0, 0.1) is 62.1 Å². The second-order valence-electron chi connectivity index (χ2n) is 42.2. The molecule has 8 fully saturated rings. The van der Waals surface area contributed by atoms with Crippen molar-refractivity contribution in [2.45, 2.75) is 215 Å². The number of fused-ring (bicyclic) bond motifs is 4. The molecule has 30 nitrogen and oxygen atoms in total. The number of pyridine rings is 3. The van der Waals surface area contributed by atoms with Gasteiger partial charge in [0.1, 0.15) is 62.3 Å². The van der Waals surface area contributed by atoms with Crippen LogP contribution in [0.25, 0.3) is 89.0 Å². The molecule has 8 aliphatic rings. The second kappa shape index (κ2) is 38.9. The number of Topliss-reactive ketones (excluding diaryl/α,β-unsaturated/α-hetero) is 4. The van der Waals surface area contributed by atoms with Gasteiger partial charge in [-0.3, -0.25) is 52.9 Å². The maximum Gasteiger partial charge on any atom is 0.252 e. The third kappa shape index (κ3) is 22.7. The molecule has 5 aliphatic heterocycles. The van der Waals surface area contributed by atoms with Gasteiger partial charge in [-0.15, -0.1) is 0 Å². The molecule has 40 heteroatoms. The number of nitriles is 2. The van der Waals surface area contributed by atoms with Gasteiger partial charge in [0.2, 0.25) is 25.4 Å². The molecule has 12 heterocycles. The maximum atomic E-state index is 13.7. The number of ether oxygens (including phenoxy) is 5. The van der Waals surface area contributed by atoms with Crippen LogP contribution < -0.4 is 18.9 Å². The van der Waals surface area contributed by atoms with Gasteiger partial charge in [0.05, 0.1) is 115 Å². The first-order valence-corrected chi connectivity index (χ1v) is 55.0. The average molecular weight is 2060 g/mol. The molecule has 0 N–H and O–H groups in total. The smallest absolute Gasteiger partial charge is 0.252 e. The lowest BCUT2D eigenvalue weighted by molar-refractivity contribution is -0.105. The van der Waals surface area contributed by atoms with Crippen LogP contribution in [0.2, 0.25) is 0 Å². The quantitative estimate of drug-likeness (QED) is 0.0324. The normalized spacial score (nSPS) is 23.4. The molecule has 0 radical (unpaired) electrons. The van der Waals surface area contributed by atoms with Gasteiger partial charge in [-0.1, -0.05) is 76.2 Å².